The second-order valence-electron chi connectivity index (χ2n) is 2.30. The van der Waals surface area contributed by atoms with Crippen LogP contribution in [0.25, 0.3) is 11.3 Å². The zero-order valence-electron chi connectivity index (χ0n) is 6.07. The smallest absolute Gasteiger partial charge is 0.135 e. The Labute approximate surface area is 73.9 Å². The van der Waals surface area contributed by atoms with E-state index in [0.29, 0.717) is 10.7 Å². The molecule has 12 heavy (non-hydrogen) atoms. The van der Waals surface area contributed by atoms with Gasteiger partial charge in [-0.15, -0.1) is 0 Å². The third-order valence-electron chi connectivity index (χ3n) is 1.50. The van der Waals surface area contributed by atoms with Crippen molar-refractivity contribution in [2.75, 3.05) is 0 Å². The van der Waals surface area contributed by atoms with Crippen LogP contribution in [0.3, 0.4) is 0 Å². The van der Waals surface area contributed by atoms with E-state index in [1.807, 2.05) is 12.1 Å². The van der Waals surface area contributed by atoms with Gasteiger partial charge in [-0.2, -0.15) is 0 Å². The highest BCUT2D eigenvalue weighted by molar-refractivity contribution is 6.30. The number of rotatable bonds is 1. The summed E-state index contributed by atoms with van der Waals surface area (Å²) < 4.78 is 4.47. The molecule has 1 heterocycles. The fourth-order valence-corrected chi connectivity index (χ4v) is 1.04. The number of nitrogens with zero attached hydrogens (tertiary/aromatic N) is 2. The van der Waals surface area contributed by atoms with E-state index in [1.165, 1.54) is 0 Å². The molecule has 0 aliphatic heterocycles. The summed E-state index contributed by atoms with van der Waals surface area (Å²) in [4.78, 5) is 0. The molecule has 0 fully saturated rings. The number of hydrogen-bond acceptors (Lipinski definition) is 3. The molecular formula is C8H5ClN2O. The van der Waals surface area contributed by atoms with E-state index in [0.717, 1.165) is 5.56 Å². The molecule has 0 saturated heterocycles. The van der Waals surface area contributed by atoms with Gasteiger partial charge in [0.2, 0.25) is 0 Å². The van der Waals surface area contributed by atoms with Crippen LogP contribution in [0, 0.1) is 0 Å². The molecule has 60 valence electrons. The third-order valence-corrected chi connectivity index (χ3v) is 1.75. The van der Waals surface area contributed by atoms with Gasteiger partial charge in [-0.3, -0.25) is 0 Å². The average molecular weight is 181 g/mol. The number of halogens is 1. The molecule has 0 aliphatic rings. The minimum atomic E-state index is 0.704. The van der Waals surface area contributed by atoms with Crippen LogP contribution in [0.4, 0.5) is 0 Å². The van der Waals surface area contributed by atoms with Crippen molar-refractivity contribution in [1.29, 1.82) is 0 Å². The molecule has 0 unspecified atom stereocenters. The molecule has 0 atom stereocenters. The van der Waals surface area contributed by atoms with Gasteiger partial charge in [0, 0.05) is 10.6 Å². The molecule has 0 N–H and O–H groups in total. The van der Waals surface area contributed by atoms with Crippen LogP contribution in [0.5, 0.6) is 0 Å². The minimum absolute atomic E-state index is 0.704. The van der Waals surface area contributed by atoms with Crippen LogP contribution in [0.1, 0.15) is 0 Å². The highest BCUT2D eigenvalue weighted by Crippen LogP contribution is 2.18. The van der Waals surface area contributed by atoms with Gasteiger partial charge in [0.15, 0.2) is 0 Å². The van der Waals surface area contributed by atoms with Gasteiger partial charge in [0.1, 0.15) is 5.69 Å². The van der Waals surface area contributed by atoms with Crippen molar-refractivity contribution in [2.24, 2.45) is 0 Å². The van der Waals surface area contributed by atoms with E-state index in [9.17, 15) is 0 Å². The van der Waals surface area contributed by atoms with Crippen molar-refractivity contribution < 1.29 is 4.63 Å². The van der Waals surface area contributed by atoms with Crippen molar-refractivity contribution in [2.45, 2.75) is 0 Å². The highest BCUT2D eigenvalue weighted by Gasteiger charge is 2.00. The highest BCUT2D eigenvalue weighted by atomic mass is 35.5. The number of aromatic nitrogens is 2. The Balaban J connectivity index is 2.43. The van der Waals surface area contributed by atoms with E-state index >= 15 is 0 Å². The predicted octanol–water partition coefficient (Wildman–Crippen LogP) is 2.39. The second-order valence-corrected chi connectivity index (χ2v) is 2.74. The molecule has 4 heteroatoms. The van der Waals surface area contributed by atoms with Gasteiger partial charge in [0.05, 0.1) is 6.20 Å². The summed E-state index contributed by atoms with van der Waals surface area (Å²) in [6.07, 6.45) is 1.56. The lowest BCUT2D eigenvalue weighted by molar-refractivity contribution is 0.308. The summed E-state index contributed by atoms with van der Waals surface area (Å²) in [6.45, 7) is 0. The van der Waals surface area contributed by atoms with E-state index in [4.69, 9.17) is 11.6 Å². The normalized spacial score (nSPS) is 10.1. The maximum Gasteiger partial charge on any atom is 0.135 e. The summed E-state index contributed by atoms with van der Waals surface area (Å²) >= 11 is 5.71. The molecule has 0 aliphatic carbocycles. The standard InChI is InChI=1S/C8H5ClN2O/c9-7-3-1-6(2-4-7)8-5-10-12-11-8/h1-5H. The number of benzene rings is 1. The zero-order chi connectivity index (χ0) is 8.39. The van der Waals surface area contributed by atoms with Crippen LogP contribution in [-0.2, 0) is 0 Å². The third kappa shape index (κ3) is 1.31. The first-order valence-corrected chi connectivity index (χ1v) is 3.77. The summed E-state index contributed by atoms with van der Waals surface area (Å²) in [5.41, 5.74) is 1.66. The Morgan fingerprint density at radius 3 is 2.50 bits per heavy atom. The van der Waals surface area contributed by atoms with E-state index in [2.05, 4.69) is 14.9 Å². The van der Waals surface area contributed by atoms with Gasteiger partial charge in [-0.1, -0.05) is 28.9 Å². The molecule has 2 rings (SSSR count). The largest absolute Gasteiger partial charge is 0.244 e. The molecule has 0 radical (unpaired) electrons. The Bertz CT molecular complexity index is 355. The van der Waals surface area contributed by atoms with Crippen LogP contribution in [0.15, 0.2) is 35.1 Å². The van der Waals surface area contributed by atoms with Crippen molar-refractivity contribution in [1.82, 2.24) is 10.3 Å². The Kier molecular flexibility index (Phi) is 1.80. The monoisotopic (exact) mass is 180 g/mol. The summed E-state index contributed by atoms with van der Waals surface area (Å²) in [6, 6.07) is 7.32. The molecule has 3 nitrogen and oxygen atoms in total. The lowest BCUT2D eigenvalue weighted by Gasteiger charge is -1.92. The predicted molar refractivity (Wildman–Crippen MR) is 44.7 cm³/mol. The zero-order valence-corrected chi connectivity index (χ0v) is 6.82. The fraction of sp³-hybridized carbons (Fsp3) is 0. The molecule has 0 spiro atoms. The minimum Gasteiger partial charge on any atom is -0.244 e. The molecule has 2 aromatic rings. The van der Waals surface area contributed by atoms with Gasteiger partial charge >= 0.3 is 0 Å². The van der Waals surface area contributed by atoms with Crippen molar-refractivity contribution in [3.05, 3.63) is 35.5 Å². The second kappa shape index (κ2) is 2.95. The van der Waals surface area contributed by atoms with Crippen molar-refractivity contribution in [3.8, 4) is 11.3 Å². The lowest BCUT2D eigenvalue weighted by Crippen LogP contribution is -1.74. The van der Waals surface area contributed by atoms with E-state index < -0.39 is 0 Å². The Morgan fingerprint density at radius 2 is 1.92 bits per heavy atom. The van der Waals surface area contributed by atoms with Crippen LogP contribution < -0.4 is 0 Å². The van der Waals surface area contributed by atoms with Gasteiger partial charge in [0.25, 0.3) is 0 Å². The Morgan fingerprint density at radius 1 is 1.17 bits per heavy atom. The first-order valence-electron chi connectivity index (χ1n) is 3.40. The first kappa shape index (κ1) is 7.31. The quantitative estimate of drug-likeness (QED) is 0.677. The van der Waals surface area contributed by atoms with Gasteiger partial charge in [-0.25, -0.2) is 4.63 Å². The molecule has 1 aromatic heterocycles. The SMILES string of the molecule is Clc1ccc(-c2cnon2)cc1. The molecule has 1 aromatic carbocycles. The molecular weight excluding hydrogens is 176 g/mol. The molecule has 0 saturated carbocycles. The summed E-state index contributed by atoms with van der Waals surface area (Å²) in [7, 11) is 0. The Hall–Kier alpha value is -1.35. The van der Waals surface area contributed by atoms with E-state index in [1.54, 1.807) is 18.3 Å². The van der Waals surface area contributed by atoms with Crippen LogP contribution in [-0.4, -0.2) is 10.3 Å². The maximum atomic E-state index is 5.71. The van der Waals surface area contributed by atoms with Crippen LogP contribution >= 0.6 is 11.6 Å². The summed E-state index contributed by atoms with van der Waals surface area (Å²) in [5.74, 6) is 0. The fourth-order valence-electron chi connectivity index (χ4n) is 0.913. The maximum absolute atomic E-state index is 5.71. The molecule has 0 amide bonds. The van der Waals surface area contributed by atoms with Gasteiger partial charge < -0.3 is 0 Å². The molecule has 0 bridgehead atoms. The lowest BCUT2D eigenvalue weighted by atomic mass is 10.2. The van der Waals surface area contributed by atoms with Crippen LogP contribution in [0.2, 0.25) is 5.02 Å². The van der Waals surface area contributed by atoms with Crippen molar-refractivity contribution >= 4 is 11.6 Å². The first-order chi connectivity index (χ1) is 5.86. The average Bonchev–Trinajstić information content (AvgIpc) is 2.58. The van der Waals surface area contributed by atoms with Crippen molar-refractivity contribution in [3.63, 3.8) is 0 Å². The number of hydrogen-bond donors (Lipinski definition) is 0. The topological polar surface area (TPSA) is 38.9 Å². The van der Waals surface area contributed by atoms with Gasteiger partial charge in [-0.05, 0) is 17.3 Å². The summed E-state index contributed by atoms with van der Waals surface area (Å²) in [5, 5.41) is 7.89. The van der Waals surface area contributed by atoms with E-state index in [-0.39, 0.29) is 0 Å².